The Labute approximate surface area is 181 Å². The maximum atomic E-state index is 11.9. The third-order valence-corrected chi connectivity index (χ3v) is 4.98. The molecule has 2 aromatic carbocycles. The fourth-order valence-electron chi connectivity index (χ4n) is 2.40. The number of anilines is 2. The normalized spacial score (nSPS) is 10.8. The molecule has 2 N–H and O–H groups in total. The number of rotatable bonds is 6. The van der Waals surface area contributed by atoms with Gasteiger partial charge in [-0.15, -0.1) is 5.10 Å². The number of hydrogen-bond acceptors (Lipinski definition) is 5. The van der Waals surface area contributed by atoms with Crippen molar-refractivity contribution in [2.24, 2.45) is 0 Å². The third-order valence-electron chi connectivity index (χ3n) is 3.81. The third kappa shape index (κ3) is 5.08. The second-order valence-electron chi connectivity index (χ2n) is 5.87. The first-order chi connectivity index (χ1) is 13.3. The highest BCUT2D eigenvalue weighted by Gasteiger charge is 2.14. The topological polar surface area (TPSA) is 71.8 Å². The fraction of sp³-hybridized carbons (Fsp3) is 0.167. The second-order valence-corrected chi connectivity index (χ2v) is 7.56. The zero-order valence-corrected chi connectivity index (χ0v) is 17.7. The van der Waals surface area contributed by atoms with Gasteiger partial charge in [0.25, 0.3) is 0 Å². The molecule has 10 heteroatoms. The Bertz CT molecular complexity index is 1020. The van der Waals surface area contributed by atoms with Crippen LogP contribution in [0.3, 0.4) is 0 Å². The van der Waals surface area contributed by atoms with Crippen molar-refractivity contribution in [1.29, 1.82) is 0 Å². The van der Waals surface area contributed by atoms with Gasteiger partial charge in [-0.1, -0.05) is 58.5 Å². The van der Waals surface area contributed by atoms with Crippen LogP contribution in [-0.2, 0) is 13.1 Å². The van der Waals surface area contributed by atoms with E-state index in [1.807, 2.05) is 0 Å². The molecule has 0 aliphatic heterocycles. The summed E-state index contributed by atoms with van der Waals surface area (Å²) in [5.74, 6) is 0.295. The molecule has 0 radical (unpaired) electrons. The van der Waals surface area contributed by atoms with Gasteiger partial charge in [0.1, 0.15) is 0 Å². The highest BCUT2D eigenvalue weighted by molar-refractivity contribution is 6.35. The van der Waals surface area contributed by atoms with Crippen molar-refractivity contribution in [2.75, 3.05) is 10.6 Å². The summed E-state index contributed by atoms with van der Waals surface area (Å²) in [5.41, 5.74) is 1.64. The summed E-state index contributed by atoms with van der Waals surface area (Å²) in [6.45, 7) is 2.12. The highest BCUT2D eigenvalue weighted by Crippen LogP contribution is 2.23. The number of nitrogens with zero attached hydrogens (tertiary/aromatic N) is 3. The lowest BCUT2D eigenvalue weighted by molar-refractivity contribution is 0.0924. The second kappa shape index (κ2) is 9.01. The number of halogens is 4. The Morgan fingerprint density at radius 3 is 1.96 bits per heavy atom. The van der Waals surface area contributed by atoms with Gasteiger partial charge >= 0.3 is 0 Å². The van der Waals surface area contributed by atoms with Gasteiger partial charge in [0.2, 0.25) is 17.8 Å². The molecule has 3 rings (SSSR count). The van der Waals surface area contributed by atoms with Crippen molar-refractivity contribution >= 4 is 64.2 Å². The molecule has 146 valence electrons. The summed E-state index contributed by atoms with van der Waals surface area (Å²) in [4.78, 5) is 16.2. The number of aromatic nitrogens is 3. The lowest BCUT2D eigenvalue weighted by Gasteiger charge is -2.07. The predicted molar refractivity (Wildman–Crippen MR) is 114 cm³/mol. The molecule has 0 aliphatic rings. The van der Waals surface area contributed by atoms with Crippen molar-refractivity contribution in [3.63, 3.8) is 0 Å². The van der Waals surface area contributed by atoms with Gasteiger partial charge in [-0.25, -0.2) is 0 Å². The smallest absolute Gasteiger partial charge is 0.247 e. The number of carbonyl (C=O) groups excluding carboxylic acids is 1. The van der Waals surface area contributed by atoms with Gasteiger partial charge in [-0.3, -0.25) is 4.79 Å². The Morgan fingerprint density at radius 2 is 1.46 bits per heavy atom. The average molecular weight is 459 g/mol. The van der Waals surface area contributed by atoms with Crippen LogP contribution in [0.2, 0.25) is 20.1 Å². The van der Waals surface area contributed by atoms with Crippen LogP contribution in [0.15, 0.2) is 36.4 Å². The SMILES string of the molecule is CC(=O)n1nc(NCc2ccc(Cl)cc2Cl)nc1NCc1ccc(Cl)cc1Cl. The molecule has 28 heavy (non-hydrogen) atoms. The fourth-order valence-corrected chi connectivity index (χ4v) is 3.35. The first kappa shape index (κ1) is 20.7. The van der Waals surface area contributed by atoms with Crippen molar-refractivity contribution < 1.29 is 4.79 Å². The van der Waals surface area contributed by atoms with E-state index < -0.39 is 0 Å². The molecule has 0 saturated carbocycles. The molecular formula is C18H15Cl4N5O. The van der Waals surface area contributed by atoms with Crippen LogP contribution in [-0.4, -0.2) is 20.7 Å². The van der Waals surface area contributed by atoms with E-state index in [1.54, 1.807) is 36.4 Å². The molecule has 1 aromatic heterocycles. The van der Waals surface area contributed by atoms with E-state index in [0.29, 0.717) is 39.1 Å². The van der Waals surface area contributed by atoms with E-state index in [-0.39, 0.29) is 11.9 Å². The zero-order valence-electron chi connectivity index (χ0n) is 14.6. The molecule has 0 saturated heterocycles. The van der Waals surface area contributed by atoms with Gasteiger partial charge < -0.3 is 10.6 Å². The largest absolute Gasteiger partial charge is 0.350 e. The van der Waals surface area contributed by atoms with Gasteiger partial charge in [-0.2, -0.15) is 9.67 Å². The first-order valence-corrected chi connectivity index (χ1v) is 9.68. The zero-order chi connectivity index (χ0) is 20.3. The van der Waals surface area contributed by atoms with Crippen LogP contribution in [0, 0.1) is 0 Å². The minimum absolute atomic E-state index is 0.283. The average Bonchev–Trinajstić information content (AvgIpc) is 3.04. The van der Waals surface area contributed by atoms with Crippen LogP contribution in [0.1, 0.15) is 22.8 Å². The van der Waals surface area contributed by atoms with Crippen LogP contribution in [0.25, 0.3) is 0 Å². The molecule has 3 aromatic rings. The Kier molecular flexibility index (Phi) is 6.67. The molecule has 0 amide bonds. The van der Waals surface area contributed by atoms with Crippen LogP contribution in [0.4, 0.5) is 11.9 Å². The van der Waals surface area contributed by atoms with E-state index in [9.17, 15) is 4.79 Å². The van der Waals surface area contributed by atoms with Crippen molar-refractivity contribution in [3.05, 3.63) is 67.6 Å². The summed E-state index contributed by atoms with van der Waals surface area (Å²) < 4.78 is 1.18. The molecule has 0 aliphatic carbocycles. The Morgan fingerprint density at radius 1 is 0.929 bits per heavy atom. The van der Waals surface area contributed by atoms with Gasteiger partial charge in [0.05, 0.1) is 0 Å². The summed E-state index contributed by atoms with van der Waals surface area (Å²) in [7, 11) is 0. The lowest BCUT2D eigenvalue weighted by atomic mass is 10.2. The maximum absolute atomic E-state index is 11.9. The number of hydrogen-bond donors (Lipinski definition) is 2. The van der Waals surface area contributed by atoms with Crippen LogP contribution < -0.4 is 10.6 Å². The quantitative estimate of drug-likeness (QED) is 0.490. The Hall–Kier alpha value is -1.99. The van der Waals surface area contributed by atoms with E-state index in [2.05, 4.69) is 20.7 Å². The molecule has 0 atom stereocenters. The molecular weight excluding hydrogens is 444 g/mol. The summed E-state index contributed by atoms with van der Waals surface area (Å²) >= 11 is 24.2. The maximum Gasteiger partial charge on any atom is 0.247 e. The van der Waals surface area contributed by atoms with Gasteiger partial charge in [0.15, 0.2) is 0 Å². The van der Waals surface area contributed by atoms with Crippen molar-refractivity contribution in [2.45, 2.75) is 20.0 Å². The van der Waals surface area contributed by atoms with E-state index in [1.165, 1.54) is 11.6 Å². The monoisotopic (exact) mass is 457 g/mol. The van der Waals surface area contributed by atoms with Crippen molar-refractivity contribution in [3.8, 4) is 0 Å². The number of carbonyl (C=O) groups is 1. The summed E-state index contributed by atoms with van der Waals surface area (Å²) in [5, 5.41) is 12.4. The Balaban J connectivity index is 1.73. The van der Waals surface area contributed by atoms with E-state index in [4.69, 9.17) is 46.4 Å². The first-order valence-electron chi connectivity index (χ1n) is 8.17. The molecule has 6 nitrogen and oxygen atoms in total. The van der Waals surface area contributed by atoms with Crippen molar-refractivity contribution in [1.82, 2.24) is 14.8 Å². The van der Waals surface area contributed by atoms with Crippen LogP contribution in [0.5, 0.6) is 0 Å². The number of nitrogens with one attached hydrogen (secondary N) is 2. The number of benzene rings is 2. The molecule has 0 unspecified atom stereocenters. The minimum Gasteiger partial charge on any atom is -0.350 e. The van der Waals surface area contributed by atoms with E-state index in [0.717, 1.165) is 11.1 Å². The van der Waals surface area contributed by atoms with Gasteiger partial charge in [0, 0.05) is 40.1 Å². The highest BCUT2D eigenvalue weighted by atomic mass is 35.5. The predicted octanol–water partition coefficient (Wildman–Crippen LogP) is 5.78. The molecule has 0 fully saturated rings. The lowest BCUT2D eigenvalue weighted by Crippen LogP contribution is -2.13. The van der Waals surface area contributed by atoms with Gasteiger partial charge in [-0.05, 0) is 35.4 Å². The van der Waals surface area contributed by atoms with Crippen LogP contribution >= 0.6 is 46.4 Å². The minimum atomic E-state index is -0.283. The summed E-state index contributed by atoms with van der Waals surface area (Å²) in [6.07, 6.45) is 0. The molecule has 1 heterocycles. The standard InChI is InChI=1S/C18H15Cl4N5O/c1-10(28)27-18(24-9-12-3-5-14(20)7-16(12)22)25-17(26-27)23-8-11-2-4-13(19)6-15(11)21/h2-7H,8-9H2,1H3,(H2,23,24,25,26). The molecule has 0 bridgehead atoms. The summed E-state index contributed by atoms with van der Waals surface area (Å²) in [6, 6.07) is 10.4. The molecule has 0 spiro atoms. The van der Waals surface area contributed by atoms with E-state index >= 15 is 0 Å².